The van der Waals surface area contributed by atoms with E-state index in [4.69, 9.17) is 17.2 Å². The lowest BCUT2D eigenvalue weighted by atomic mass is 9.99. The van der Waals surface area contributed by atoms with Gasteiger partial charge in [0, 0.05) is 19.2 Å². The van der Waals surface area contributed by atoms with Gasteiger partial charge >= 0.3 is 0 Å². The van der Waals surface area contributed by atoms with Crippen LogP contribution < -0.4 is 17.2 Å². The molecule has 0 radical (unpaired) electrons. The smallest absolute Gasteiger partial charge is 0.253 e. The van der Waals surface area contributed by atoms with E-state index in [1.54, 1.807) is 24.1 Å². The molecule has 0 fully saturated rings. The third kappa shape index (κ3) is 2.82. The van der Waals surface area contributed by atoms with Crippen LogP contribution in [0.2, 0.25) is 0 Å². The summed E-state index contributed by atoms with van der Waals surface area (Å²) in [6.07, 6.45) is 0.838. The monoisotopic (exact) mass is 260 g/mol. The zero-order valence-corrected chi connectivity index (χ0v) is 10.6. The van der Waals surface area contributed by atoms with Crippen molar-refractivity contribution in [1.82, 2.24) is 4.90 Å². The van der Waals surface area contributed by atoms with Crippen molar-refractivity contribution in [2.75, 3.05) is 13.6 Å². The lowest BCUT2D eigenvalue weighted by Gasteiger charge is -2.24. The number of guanidine groups is 2. The van der Waals surface area contributed by atoms with Gasteiger partial charge in [-0.05, 0) is 24.1 Å². The Hall–Kier alpha value is -2.57. The summed E-state index contributed by atoms with van der Waals surface area (Å²) in [6, 6.07) is 5.36. The molecule has 0 unspecified atom stereocenters. The molecule has 100 valence electrons. The summed E-state index contributed by atoms with van der Waals surface area (Å²) in [6.45, 7) is 0.727. The quantitative estimate of drug-likeness (QED) is 0.466. The largest absolute Gasteiger partial charge is 0.370 e. The fourth-order valence-corrected chi connectivity index (χ4v) is 1.94. The summed E-state index contributed by atoms with van der Waals surface area (Å²) in [4.78, 5) is 21.4. The van der Waals surface area contributed by atoms with Crippen molar-refractivity contribution in [2.45, 2.75) is 6.42 Å². The summed E-state index contributed by atoms with van der Waals surface area (Å²) in [5, 5.41) is 0. The Morgan fingerprint density at radius 2 is 2.05 bits per heavy atom. The molecule has 1 aliphatic heterocycles. The molecule has 19 heavy (non-hydrogen) atoms. The van der Waals surface area contributed by atoms with Gasteiger partial charge in [-0.2, -0.15) is 4.99 Å². The molecule has 0 atom stereocenters. The van der Waals surface area contributed by atoms with Gasteiger partial charge < -0.3 is 22.1 Å². The fourth-order valence-electron chi connectivity index (χ4n) is 1.94. The highest BCUT2D eigenvalue weighted by atomic mass is 16.2. The number of likely N-dealkylation sites (N-methyl/N-ethyl adjacent to an activating group) is 1. The van der Waals surface area contributed by atoms with E-state index in [0.29, 0.717) is 11.3 Å². The molecule has 7 heteroatoms. The van der Waals surface area contributed by atoms with Crippen LogP contribution in [0.5, 0.6) is 0 Å². The second-order valence-corrected chi connectivity index (χ2v) is 4.32. The van der Waals surface area contributed by atoms with Crippen LogP contribution in [0.25, 0.3) is 0 Å². The molecule has 0 saturated heterocycles. The third-order valence-electron chi connectivity index (χ3n) is 2.87. The van der Waals surface area contributed by atoms with Crippen molar-refractivity contribution >= 4 is 23.5 Å². The second-order valence-electron chi connectivity index (χ2n) is 4.32. The van der Waals surface area contributed by atoms with E-state index in [1.165, 1.54) is 0 Å². The van der Waals surface area contributed by atoms with Gasteiger partial charge in [-0.3, -0.25) is 4.79 Å². The van der Waals surface area contributed by atoms with Gasteiger partial charge in [0.25, 0.3) is 5.91 Å². The van der Waals surface area contributed by atoms with E-state index in [9.17, 15) is 4.79 Å². The lowest BCUT2D eigenvalue weighted by Crippen LogP contribution is -2.34. The number of hydrogen-bond acceptors (Lipinski definition) is 2. The Bertz CT molecular complexity index is 574. The normalized spacial score (nSPS) is 15.1. The molecule has 0 aromatic heterocycles. The van der Waals surface area contributed by atoms with Crippen LogP contribution in [0, 0.1) is 0 Å². The van der Waals surface area contributed by atoms with Gasteiger partial charge in [0.1, 0.15) is 0 Å². The van der Waals surface area contributed by atoms with Crippen molar-refractivity contribution in [3.05, 3.63) is 29.3 Å². The summed E-state index contributed by atoms with van der Waals surface area (Å²) < 4.78 is 0. The molecule has 0 bridgehead atoms. The van der Waals surface area contributed by atoms with Crippen LogP contribution in [0.4, 0.5) is 5.69 Å². The highest BCUT2D eigenvalue weighted by Crippen LogP contribution is 2.23. The van der Waals surface area contributed by atoms with E-state index in [0.717, 1.165) is 18.5 Å². The minimum atomic E-state index is -0.157. The van der Waals surface area contributed by atoms with Crippen molar-refractivity contribution in [3.63, 3.8) is 0 Å². The van der Waals surface area contributed by atoms with E-state index in [2.05, 4.69) is 9.98 Å². The highest BCUT2D eigenvalue weighted by Gasteiger charge is 2.21. The van der Waals surface area contributed by atoms with E-state index < -0.39 is 0 Å². The molecule has 1 amide bonds. The second kappa shape index (κ2) is 4.97. The number of fused-ring (bicyclic) bond motifs is 1. The lowest BCUT2D eigenvalue weighted by molar-refractivity contribution is 0.0781. The predicted molar refractivity (Wildman–Crippen MR) is 74.2 cm³/mol. The molecule has 6 N–H and O–H groups in total. The van der Waals surface area contributed by atoms with Crippen LogP contribution in [-0.2, 0) is 6.42 Å². The Balaban J connectivity index is 2.36. The first-order chi connectivity index (χ1) is 8.97. The fraction of sp³-hybridized carbons (Fsp3) is 0.250. The minimum absolute atomic E-state index is 0.0151. The Labute approximate surface area is 110 Å². The first-order valence-electron chi connectivity index (χ1n) is 5.79. The van der Waals surface area contributed by atoms with Crippen LogP contribution in [0.3, 0.4) is 0 Å². The summed E-state index contributed by atoms with van der Waals surface area (Å²) >= 11 is 0. The number of rotatable bonds is 1. The standard InChI is InChI=1S/C12H16N6O/c1-18-5-4-7-2-3-8(6-9(7)10(18)19)16-12(15)17-11(13)14/h2-3,6H,4-5H2,1H3,(H6,13,14,15,16,17). The zero-order chi connectivity index (χ0) is 14.0. The van der Waals surface area contributed by atoms with Gasteiger partial charge in [-0.25, -0.2) is 4.99 Å². The number of hydrogen-bond donors (Lipinski definition) is 3. The molecule has 7 nitrogen and oxygen atoms in total. The molecule has 1 aromatic rings. The number of benzene rings is 1. The Morgan fingerprint density at radius 1 is 1.32 bits per heavy atom. The van der Waals surface area contributed by atoms with E-state index >= 15 is 0 Å². The average Bonchev–Trinajstić information content (AvgIpc) is 2.33. The topological polar surface area (TPSA) is 123 Å². The summed E-state index contributed by atoms with van der Waals surface area (Å²) in [5.41, 5.74) is 18.2. The van der Waals surface area contributed by atoms with Crippen LogP contribution in [0.15, 0.2) is 28.2 Å². The zero-order valence-electron chi connectivity index (χ0n) is 10.6. The van der Waals surface area contributed by atoms with Crippen LogP contribution in [0.1, 0.15) is 15.9 Å². The predicted octanol–water partition coefficient (Wildman–Crippen LogP) is -0.466. The summed E-state index contributed by atoms with van der Waals surface area (Å²) in [5.74, 6) is -0.217. The molecule has 1 heterocycles. The molecule has 0 spiro atoms. The molecular formula is C12H16N6O. The van der Waals surface area contributed by atoms with Crippen LogP contribution in [-0.4, -0.2) is 36.3 Å². The van der Waals surface area contributed by atoms with Crippen molar-refractivity contribution in [3.8, 4) is 0 Å². The molecule has 1 aliphatic rings. The Morgan fingerprint density at radius 3 is 2.74 bits per heavy atom. The van der Waals surface area contributed by atoms with Gasteiger partial charge in [-0.1, -0.05) is 6.07 Å². The van der Waals surface area contributed by atoms with Crippen molar-refractivity contribution in [2.24, 2.45) is 27.2 Å². The average molecular weight is 260 g/mol. The first-order valence-corrected chi connectivity index (χ1v) is 5.79. The van der Waals surface area contributed by atoms with Crippen molar-refractivity contribution < 1.29 is 4.79 Å². The van der Waals surface area contributed by atoms with E-state index in [-0.39, 0.29) is 17.8 Å². The molecule has 0 saturated carbocycles. The highest BCUT2D eigenvalue weighted by molar-refractivity contribution is 5.98. The molecule has 1 aromatic carbocycles. The SMILES string of the molecule is CN1CCc2ccc(N=C(N)N=C(N)N)cc2C1=O. The molecule has 0 aliphatic carbocycles. The number of aliphatic imine (C=N–C) groups is 2. The number of nitrogens with zero attached hydrogens (tertiary/aromatic N) is 3. The maximum Gasteiger partial charge on any atom is 0.253 e. The maximum atomic E-state index is 12.0. The van der Waals surface area contributed by atoms with E-state index in [1.807, 2.05) is 6.07 Å². The van der Waals surface area contributed by atoms with Crippen molar-refractivity contribution in [1.29, 1.82) is 0 Å². The first kappa shape index (κ1) is 12.9. The summed E-state index contributed by atoms with van der Waals surface area (Å²) in [7, 11) is 1.77. The number of amides is 1. The van der Waals surface area contributed by atoms with Gasteiger partial charge in [0.05, 0.1) is 5.69 Å². The van der Waals surface area contributed by atoms with Gasteiger partial charge in [-0.15, -0.1) is 0 Å². The number of carbonyl (C=O) groups excluding carboxylic acids is 1. The number of carbonyl (C=O) groups is 1. The Kier molecular flexibility index (Phi) is 3.37. The molecular weight excluding hydrogens is 244 g/mol. The third-order valence-corrected chi connectivity index (χ3v) is 2.87. The van der Waals surface area contributed by atoms with Gasteiger partial charge in [0.2, 0.25) is 5.96 Å². The number of nitrogens with two attached hydrogens (primary N) is 3. The minimum Gasteiger partial charge on any atom is -0.370 e. The van der Waals surface area contributed by atoms with Gasteiger partial charge in [0.15, 0.2) is 5.96 Å². The maximum absolute atomic E-state index is 12.0. The molecule has 2 rings (SSSR count). The van der Waals surface area contributed by atoms with Crippen LogP contribution >= 0.6 is 0 Å².